The standard InChI is InChI=1S/C13H20F2N2O2/c1-8-5-17(6-9(2)19-8)11-4-3-10(16-7-18)12(14)13(11)15/h7-11H,3-6H2,1-2H3,(H,16,18)/t8-,9+,10?,11?. The van der Waals surface area contributed by atoms with E-state index in [9.17, 15) is 13.6 Å². The number of hydrogen-bond acceptors (Lipinski definition) is 3. The maximum atomic E-state index is 14.1. The van der Waals surface area contributed by atoms with Crippen LogP contribution in [0.25, 0.3) is 0 Å². The molecule has 4 nitrogen and oxygen atoms in total. The van der Waals surface area contributed by atoms with E-state index in [-0.39, 0.29) is 12.2 Å². The molecule has 0 radical (unpaired) electrons. The van der Waals surface area contributed by atoms with Crippen LogP contribution in [0.3, 0.4) is 0 Å². The SMILES string of the molecule is C[C@@H]1CN(C2CCC(NC=O)C(F)=C2F)C[C@H](C)O1. The summed E-state index contributed by atoms with van der Waals surface area (Å²) in [5.41, 5.74) is 0. The second kappa shape index (κ2) is 5.96. The average Bonchev–Trinajstić information content (AvgIpc) is 2.34. The van der Waals surface area contributed by atoms with Gasteiger partial charge in [0.1, 0.15) is 0 Å². The summed E-state index contributed by atoms with van der Waals surface area (Å²) in [5, 5.41) is 2.31. The number of carbonyl (C=O) groups excluding carboxylic acids is 1. The lowest BCUT2D eigenvalue weighted by Crippen LogP contribution is -2.52. The van der Waals surface area contributed by atoms with Gasteiger partial charge < -0.3 is 10.1 Å². The van der Waals surface area contributed by atoms with Crippen LogP contribution in [-0.4, -0.2) is 48.7 Å². The van der Waals surface area contributed by atoms with Crippen LogP contribution in [0.1, 0.15) is 26.7 Å². The molecule has 0 bridgehead atoms. The summed E-state index contributed by atoms with van der Waals surface area (Å²) in [4.78, 5) is 12.3. The third-order valence-corrected chi connectivity index (χ3v) is 3.71. The van der Waals surface area contributed by atoms with Gasteiger partial charge in [0, 0.05) is 13.1 Å². The monoisotopic (exact) mass is 274 g/mol. The van der Waals surface area contributed by atoms with Crippen LogP contribution in [0.4, 0.5) is 8.78 Å². The molecule has 6 heteroatoms. The van der Waals surface area contributed by atoms with Gasteiger partial charge >= 0.3 is 0 Å². The Labute approximate surface area is 111 Å². The van der Waals surface area contributed by atoms with Crippen molar-refractivity contribution in [1.29, 1.82) is 0 Å². The van der Waals surface area contributed by atoms with Gasteiger partial charge in [0.25, 0.3) is 0 Å². The molecule has 1 N–H and O–H groups in total. The molecule has 1 amide bonds. The van der Waals surface area contributed by atoms with Crippen molar-refractivity contribution in [2.24, 2.45) is 0 Å². The lowest BCUT2D eigenvalue weighted by Gasteiger charge is -2.41. The molecule has 1 saturated heterocycles. The highest BCUT2D eigenvalue weighted by atomic mass is 19.2. The molecule has 1 aliphatic heterocycles. The maximum absolute atomic E-state index is 14.1. The Hall–Kier alpha value is -1.01. The van der Waals surface area contributed by atoms with E-state index >= 15 is 0 Å². The first-order chi connectivity index (χ1) is 9.02. The highest BCUT2D eigenvalue weighted by Gasteiger charge is 2.37. The number of morpholine rings is 1. The molecule has 2 aliphatic rings. The predicted octanol–water partition coefficient (Wildman–Crippen LogP) is 1.52. The average molecular weight is 274 g/mol. The largest absolute Gasteiger partial charge is 0.373 e. The molecular weight excluding hydrogens is 254 g/mol. The van der Waals surface area contributed by atoms with Crippen molar-refractivity contribution >= 4 is 6.41 Å². The lowest BCUT2D eigenvalue weighted by atomic mass is 9.94. The van der Waals surface area contributed by atoms with E-state index in [1.807, 2.05) is 18.7 Å². The zero-order chi connectivity index (χ0) is 14.0. The van der Waals surface area contributed by atoms with Gasteiger partial charge in [0.15, 0.2) is 11.7 Å². The number of hydrogen-bond donors (Lipinski definition) is 1. The molecule has 19 heavy (non-hydrogen) atoms. The van der Waals surface area contributed by atoms with Gasteiger partial charge in [-0.3, -0.25) is 9.69 Å². The van der Waals surface area contributed by atoms with E-state index in [0.717, 1.165) is 0 Å². The normalized spacial score (nSPS) is 37.3. The molecule has 0 saturated carbocycles. The van der Waals surface area contributed by atoms with Crippen LogP contribution in [0, 0.1) is 0 Å². The Bertz CT molecular complexity index is 366. The summed E-state index contributed by atoms with van der Waals surface area (Å²) < 4.78 is 33.6. The summed E-state index contributed by atoms with van der Waals surface area (Å²) in [6.45, 7) is 5.06. The Morgan fingerprint density at radius 1 is 1.21 bits per heavy atom. The van der Waals surface area contributed by atoms with Crippen LogP contribution in [0.15, 0.2) is 11.7 Å². The second-order valence-corrected chi connectivity index (χ2v) is 5.34. The number of amides is 1. The highest BCUT2D eigenvalue weighted by Crippen LogP contribution is 2.32. The number of carbonyl (C=O) groups is 1. The molecule has 0 aromatic rings. The first-order valence-electron chi connectivity index (χ1n) is 6.67. The lowest BCUT2D eigenvalue weighted by molar-refractivity contribution is -0.110. The van der Waals surface area contributed by atoms with E-state index in [0.29, 0.717) is 32.3 Å². The van der Waals surface area contributed by atoms with E-state index in [1.54, 1.807) is 0 Å². The minimum atomic E-state index is -0.838. The van der Waals surface area contributed by atoms with E-state index in [4.69, 9.17) is 4.74 Å². The third kappa shape index (κ3) is 3.12. The van der Waals surface area contributed by atoms with Crippen molar-refractivity contribution in [2.75, 3.05) is 13.1 Å². The van der Waals surface area contributed by atoms with Gasteiger partial charge in [0.2, 0.25) is 6.41 Å². The Kier molecular flexibility index (Phi) is 4.52. The smallest absolute Gasteiger partial charge is 0.207 e. The Morgan fingerprint density at radius 2 is 1.84 bits per heavy atom. The molecule has 1 fully saturated rings. The Balaban J connectivity index is 2.11. The summed E-state index contributed by atoms with van der Waals surface area (Å²) in [5.74, 6) is -1.58. The van der Waals surface area contributed by atoms with E-state index in [2.05, 4.69) is 5.32 Å². The van der Waals surface area contributed by atoms with Crippen LogP contribution in [-0.2, 0) is 9.53 Å². The molecule has 1 aliphatic carbocycles. The van der Waals surface area contributed by atoms with Gasteiger partial charge in [0.05, 0.1) is 24.3 Å². The highest BCUT2D eigenvalue weighted by molar-refractivity contribution is 5.48. The number of halogens is 2. The zero-order valence-electron chi connectivity index (χ0n) is 11.2. The minimum absolute atomic E-state index is 0.0189. The summed E-state index contributed by atoms with van der Waals surface area (Å²) in [6.07, 6.45) is 1.37. The Morgan fingerprint density at radius 3 is 2.42 bits per heavy atom. The fourth-order valence-electron chi connectivity index (χ4n) is 2.96. The first kappa shape index (κ1) is 14.4. The van der Waals surface area contributed by atoms with Gasteiger partial charge in [-0.15, -0.1) is 0 Å². The summed E-state index contributed by atoms with van der Waals surface area (Å²) in [7, 11) is 0. The van der Waals surface area contributed by atoms with Gasteiger partial charge in [-0.05, 0) is 26.7 Å². The van der Waals surface area contributed by atoms with Crippen LogP contribution < -0.4 is 5.32 Å². The van der Waals surface area contributed by atoms with Crippen molar-refractivity contribution in [3.8, 4) is 0 Å². The van der Waals surface area contributed by atoms with Crippen LogP contribution >= 0.6 is 0 Å². The quantitative estimate of drug-likeness (QED) is 0.793. The molecule has 4 atom stereocenters. The predicted molar refractivity (Wildman–Crippen MR) is 66.8 cm³/mol. The van der Waals surface area contributed by atoms with Gasteiger partial charge in [-0.25, -0.2) is 8.78 Å². The van der Waals surface area contributed by atoms with Crippen molar-refractivity contribution in [3.63, 3.8) is 0 Å². The van der Waals surface area contributed by atoms with Crippen molar-refractivity contribution in [1.82, 2.24) is 10.2 Å². The molecule has 1 heterocycles. The molecule has 0 aromatic carbocycles. The van der Waals surface area contributed by atoms with Gasteiger partial charge in [-0.2, -0.15) is 0 Å². The van der Waals surface area contributed by atoms with Crippen molar-refractivity contribution in [2.45, 2.75) is 51.0 Å². The van der Waals surface area contributed by atoms with E-state index < -0.39 is 23.7 Å². The van der Waals surface area contributed by atoms with Crippen molar-refractivity contribution < 1.29 is 18.3 Å². The number of nitrogens with zero attached hydrogens (tertiary/aromatic N) is 1. The fourth-order valence-corrected chi connectivity index (χ4v) is 2.96. The molecule has 0 aromatic heterocycles. The molecule has 0 spiro atoms. The van der Waals surface area contributed by atoms with Gasteiger partial charge in [-0.1, -0.05) is 0 Å². The zero-order valence-corrected chi connectivity index (χ0v) is 11.2. The summed E-state index contributed by atoms with van der Waals surface area (Å²) in [6, 6.07) is -1.34. The minimum Gasteiger partial charge on any atom is -0.373 e. The van der Waals surface area contributed by atoms with Crippen LogP contribution in [0.2, 0.25) is 0 Å². The molecule has 2 rings (SSSR count). The first-order valence-corrected chi connectivity index (χ1v) is 6.67. The number of ether oxygens (including phenoxy) is 1. The number of rotatable bonds is 3. The topological polar surface area (TPSA) is 41.6 Å². The summed E-state index contributed by atoms with van der Waals surface area (Å²) >= 11 is 0. The molecular formula is C13H20F2N2O2. The number of nitrogens with one attached hydrogen (secondary N) is 1. The van der Waals surface area contributed by atoms with Crippen molar-refractivity contribution in [3.05, 3.63) is 11.7 Å². The fraction of sp³-hybridized carbons (Fsp3) is 0.769. The van der Waals surface area contributed by atoms with E-state index in [1.165, 1.54) is 0 Å². The third-order valence-electron chi connectivity index (χ3n) is 3.71. The van der Waals surface area contributed by atoms with Crippen LogP contribution in [0.5, 0.6) is 0 Å². The maximum Gasteiger partial charge on any atom is 0.207 e. The second-order valence-electron chi connectivity index (χ2n) is 5.34. The molecule has 108 valence electrons. The molecule has 2 unspecified atom stereocenters.